The van der Waals surface area contributed by atoms with E-state index in [1.54, 1.807) is 12.1 Å². The van der Waals surface area contributed by atoms with Gasteiger partial charge in [0, 0.05) is 30.8 Å². The Morgan fingerprint density at radius 3 is 2.48 bits per heavy atom. The number of ether oxygens (including phenoxy) is 2. The first-order valence-electron chi connectivity index (χ1n) is 15.1. The fourth-order valence-electron chi connectivity index (χ4n) is 7.06. The minimum absolute atomic E-state index is 0.102. The van der Waals surface area contributed by atoms with Gasteiger partial charge in [0.05, 0.1) is 18.7 Å². The lowest BCUT2D eigenvalue weighted by Crippen LogP contribution is -2.40. The van der Waals surface area contributed by atoms with Crippen molar-refractivity contribution in [3.05, 3.63) is 94.6 Å². The molecule has 3 unspecified atom stereocenters. The van der Waals surface area contributed by atoms with Gasteiger partial charge in [0.15, 0.2) is 0 Å². The first-order valence-corrected chi connectivity index (χ1v) is 15.1. The van der Waals surface area contributed by atoms with E-state index in [2.05, 4.69) is 5.32 Å². The van der Waals surface area contributed by atoms with Gasteiger partial charge in [-0.1, -0.05) is 36.4 Å². The third kappa shape index (κ3) is 6.45. The van der Waals surface area contributed by atoms with Gasteiger partial charge in [-0.05, 0) is 85.7 Å². The smallest absolute Gasteiger partial charge is 0.251 e. The minimum atomic E-state index is -2.63. The van der Waals surface area contributed by atoms with Crippen LogP contribution in [0.15, 0.2) is 60.7 Å². The Morgan fingerprint density at radius 2 is 1.74 bits per heavy atom. The van der Waals surface area contributed by atoms with Crippen LogP contribution in [0.5, 0.6) is 11.5 Å². The first-order chi connectivity index (χ1) is 20.4. The van der Waals surface area contributed by atoms with Crippen LogP contribution in [0.25, 0.3) is 0 Å². The molecule has 0 radical (unpaired) electrons. The van der Waals surface area contributed by atoms with Crippen molar-refractivity contribution in [2.75, 3.05) is 26.2 Å². The highest BCUT2D eigenvalue weighted by Gasteiger charge is 2.37. The van der Waals surface area contributed by atoms with Gasteiger partial charge in [-0.2, -0.15) is 0 Å². The number of fused-ring (bicyclic) bond motifs is 1. The molecular formula is C34H38F4N2O2. The Morgan fingerprint density at radius 1 is 0.929 bits per heavy atom. The quantitative estimate of drug-likeness (QED) is 0.280. The molecule has 3 aromatic rings. The van der Waals surface area contributed by atoms with Crippen molar-refractivity contribution in [1.82, 2.24) is 10.2 Å². The van der Waals surface area contributed by atoms with E-state index in [4.69, 9.17) is 9.47 Å². The van der Waals surface area contributed by atoms with Crippen LogP contribution in [0.2, 0.25) is 0 Å². The monoisotopic (exact) mass is 582 g/mol. The molecule has 2 heterocycles. The van der Waals surface area contributed by atoms with E-state index < -0.39 is 30.6 Å². The molecule has 3 atom stereocenters. The Balaban J connectivity index is 1.23. The largest absolute Gasteiger partial charge is 0.490 e. The molecule has 0 bridgehead atoms. The van der Waals surface area contributed by atoms with Gasteiger partial charge >= 0.3 is 0 Å². The van der Waals surface area contributed by atoms with Gasteiger partial charge in [-0.15, -0.1) is 0 Å². The maximum atomic E-state index is 15.8. The van der Waals surface area contributed by atoms with Crippen LogP contribution in [0.4, 0.5) is 17.6 Å². The molecule has 3 aliphatic rings. The summed E-state index contributed by atoms with van der Waals surface area (Å²) >= 11 is 0. The van der Waals surface area contributed by atoms with Crippen LogP contribution < -0.4 is 14.8 Å². The molecule has 2 fully saturated rings. The number of benzene rings is 3. The summed E-state index contributed by atoms with van der Waals surface area (Å²) in [6.45, 7) is 2.12. The van der Waals surface area contributed by atoms with E-state index in [1.807, 2.05) is 36.4 Å². The summed E-state index contributed by atoms with van der Waals surface area (Å²) in [4.78, 5) is 1.47. The highest BCUT2D eigenvalue weighted by Crippen LogP contribution is 2.42. The van der Waals surface area contributed by atoms with Crippen LogP contribution >= 0.6 is 0 Å². The molecule has 224 valence electrons. The average molecular weight is 583 g/mol. The number of hydrogen-bond donors (Lipinski definition) is 1. The fourth-order valence-corrected chi connectivity index (χ4v) is 7.06. The van der Waals surface area contributed by atoms with Crippen LogP contribution in [-0.4, -0.2) is 43.6 Å². The average Bonchev–Trinajstić information content (AvgIpc) is 3.35. The number of alkyl halides is 2. The lowest BCUT2D eigenvalue weighted by Gasteiger charge is -2.38. The second-order valence-electron chi connectivity index (χ2n) is 12.1. The van der Waals surface area contributed by atoms with E-state index in [0.717, 1.165) is 62.7 Å². The maximum Gasteiger partial charge on any atom is 0.251 e. The van der Waals surface area contributed by atoms with Gasteiger partial charge in [-0.25, -0.2) is 17.6 Å². The molecule has 0 amide bonds. The molecule has 8 heteroatoms. The third-order valence-corrected chi connectivity index (χ3v) is 9.25. The second-order valence-corrected chi connectivity index (χ2v) is 12.1. The molecule has 4 nitrogen and oxygen atoms in total. The van der Waals surface area contributed by atoms with Crippen LogP contribution in [0, 0.1) is 17.0 Å². The normalized spacial score (nSPS) is 24.5. The number of hydrogen-bond acceptors (Lipinski definition) is 4. The predicted octanol–water partition coefficient (Wildman–Crippen LogP) is 7.45. The summed E-state index contributed by atoms with van der Waals surface area (Å²) in [5.74, 6) is -0.782. The zero-order chi connectivity index (χ0) is 29.1. The number of halogens is 4. The molecule has 2 aliphatic heterocycles. The molecule has 1 N–H and O–H groups in total. The van der Waals surface area contributed by atoms with Gasteiger partial charge in [0.2, 0.25) is 0 Å². The Kier molecular flexibility index (Phi) is 8.72. The standard InChI is InChI=1S/C34H38F4N2O2/c35-29-18-27(42-25-7-4-12-34(13-10-25)14-15-39-22-34)19-30(36)32(29)33-28-9-8-26(41-21-23-5-2-1-3-6-23)17-24(28)11-16-40(33)20-31(37)38/h1-3,5-6,8-9,17-19,25,31,33,39H,4,7,10-16,20-22H2. The highest BCUT2D eigenvalue weighted by atomic mass is 19.3. The number of rotatable bonds is 8. The zero-order valence-corrected chi connectivity index (χ0v) is 23.8. The van der Waals surface area contributed by atoms with Crippen molar-refractivity contribution in [2.24, 2.45) is 5.41 Å². The Bertz CT molecular complexity index is 1340. The predicted molar refractivity (Wildman–Crippen MR) is 154 cm³/mol. The second kappa shape index (κ2) is 12.6. The summed E-state index contributed by atoms with van der Waals surface area (Å²) in [7, 11) is 0. The lowest BCUT2D eigenvalue weighted by atomic mass is 9.80. The first kappa shape index (κ1) is 29.0. The molecule has 0 aromatic heterocycles. The van der Waals surface area contributed by atoms with E-state index in [-0.39, 0.29) is 24.0 Å². The van der Waals surface area contributed by atoms with Crippen molar-refractivity contribution >= 4 is 0 Å². The van der Waals surface area contributed by atoms with Crippen molar-refractivity contribution in [1.29, 1.82) is 0 Å². The molecule has 42 heavy (non-hydrogen) atoms. The zero-order valence-electron chi connectivity index (χ0n) is 23.8. The third-order valence-electron chi connectivity index (χ3n) is 9.25. The van der Waals surface area contributed by atoms with Gasteiger partial charge in [0.25, 0.3) is 6.43 Å². The number of nitrogens with zero attached hydrogens (tertiary/aromatic N) is 1. The van der Waals surface area contributed by atoms with E-state index >= 15 is 8.78 Å². The Hall–Kier alpha value is -3.10. The summed E-state index contributed by atoms with van der Waals surface area (Å²) < 4.78 is 70.9. The maximum absolute atomic E-state index is 15.8. The lowest BCUT2D eigenvalue weighted by molar-refractivity contribution is 0.0685. The Labute approximate surface area is 245 Å². The van der Waals surface area contributed by atoms with Crippen molar-refractivity contribution in [3.8, 4) is 11.5 Å². The molecule has 6 rings (SSSR count). The summed E-state index contributed by atoms with van der Waals surface area (Å²) in [5.41, 5.74) is 2.55. The molecule has 1 saturated carbocycles. The minimum Gasteiger partial charge on any atom is -0.490 e. The SMILES string of the molecule is Fc1cc(OC2CCCC3(CCNC3)CC2)cc(F)c1C1c2ccc(OCc3ccccc3)cc2CCN1CC(F)F. The van der Waals surface area contributed by atoms with Crippen LogP contribution in [-0.2, 0) is 13.0 Å². The van der Waals surface area contributed by atoms with Crippen LogP contribution in [0.1, 0.15) is 66.8 Å². The highest BCUT2D eigenvalue weighted by molar-refractivity contribution is 5.46. The molecule has 3 aromatic carbocycles. The van der Waals surface area contributed by atoms with Crippen molar-refractivity contribution in [3.63, 3.8) is 0 Å². The number of nitrogens with one attached hydrogen (secondary N) is 1. The van der Waals surface area contributed by atoms with E-state index in [9.17, 15) is 8.78 Å². The summed E-state index contributed by atoms with van der Waals surface area (Å²) in [5, 5.41) is 3.47. The van der Waals surface area contributed by atoms with E-state index in [0.29, 0.717) is 29.8 Å². The molecule has 1 aliphatic carbocycles. The fraction of sp³-hybridized carbons (Fsp3) is 0.471. The molecule has 1 spiro atoms. The molecular weight excluding hydrogens is 544 g/mol. The van der Waals surface area contributed by atoms with Gasteiger partial charge in [0.1, 0.15) is 29.7 Å². The van der Waals surface area contributed by atoms with Crippen molar-refractivity contribution in [2.45, 2.75) is 70.1 Å². The molecule has 1 saturated heterocycles. The summed E-state index contributed by atoms with van der Waals surface area (Å²) in [6.07, 6.45) is 3.79. The van der Waals surface area contributed by atoms with Gasteiger partial charge in [-0.3, -0.25) is 4.90 Å². The topological polar surface area (TPSA) is 33.7 Å². The summed E-state index contributed by atoms with van der Waals surface area (Å²) in [6, 6.07) is 16.6. The van der Waals surface area contributed by atoms with Crippen molar-refractivity contribution < 1.29 is 27.0 Å². The van der Waals surface area contributed by atoms with E-state index in [1.165, 1.54) is 17.0 Å². The van der Waals surface area contributed by atoms with Gasteiger partial charge < -0.3 is 14.8 Å². The van der Waals surface area contributed by atoms with Crippen LogP contribution in [0.3, 0.4) is 0 Å².